The van der Waals surface area contributed by atoms with Crippen molar-refractivity contribution in [2.24, 2.45) is 0 Å². The van der Waals surface area contributed by atoms with Crippen LogP contribution in [-0.2, 0) is 9.84 Å². The number of halogens is 1. The number of hydrogen-bond acceptors (Lipinski definition) is 3. The Labute approximate surface area is 116 Å². The molecule has 2 rings (SSSR count). The lowest BCUT2D eigenvalue weighted by molar-refractivity contribution is 0.534. The molecule has 1 saturated heterocycles. The minimum absolute atomic E-state index is 0.151. The normalized spacial score (nSPS) is 18.4. The molecule has 1 fully saturated rings. The van der Waals surface area contributed by atoms with Gasteiger partial charge in [-0.2, -0.15) is 0 Å². The standard InChI is InChI=1S/C12H16INO2S/c1-17(15,16)12-5-7-14(8-6-12)11-4-2-3-10(13)9-11/h2-4,9,12H,5-8H2,1H3. The number of sulfone groups is 1. The molecular formula is C12H16INO2S. The van der Waals surface area contributed by atoms with Crippen LogP contribution in [0.3, 0.4) is 0 Å². The number of piperidine rings is 1. The Morgan fingerprint density at radius 3 is 2.47 bits per heavy atom. The molecule has 0 N–H and O–H groups in total. The van der Waals surface area contributed by atoms with Gasteiger partial charge in [0.2, 0.25) is 0 Å². The first-order valence-electron chi connectivity index (χ1n) is 5.66. The highest BCUT2D eigenvalue weighted by Gasteiger charge is 2.26. The average molecular weight is 365 g/mol. The summed E-state index contributed by atoms with van der Waals surface area (Å²) in [5.74, 6) is 0. The molecule has 94 valence electrons. The Bertz CT molecular complexity index is 493. The molecule has 17 heavy (non-hydrogen) atoms. The monoisotopic (exact) mass is 365 g/mol. The number of anilines is 1. The van der Waals surface area contributed by atoms with Gasteiger partial charge in [-0.05, 0) is 53.6 Å². The van der Waals surface area contributed by atoms with E-state index in [0.717, 1.165) is 25.9 Å². The Morgan fingerprint density at radius 2 is 1.94 bits per heavy atom. The molecule has 0 amide bonds. The maximum absolute atomic E-state index is 11.5. The number of rotatable bonds is 2. The molecule has 0 radical (unpaired) electrons. The maximum atomic E-state index is 11.5. The quantitative estimate of drug-likeness (QED) is 0.755. The van der Waals surface area contributed by atoms with Crippen molar-refractivity contribution in [3.8, 4) is 0 Å². The van der Waals surface area contributed by atoms with Crippen LogP contribution < -0.4 is 4.90 Å². The van der Waals surface area contributed by atoms with Crippen LogP contribution in [-0.4, -0.2) is 33.0 Å². The predicted octanol–water partition coefficient (Wildman–Crippen LogP) is 2.30. The Hall–Kier alpha value is -0.300. The van der Waals surface area contributed by atoms with Crippen molar-refractivity contribution in [1.29, 1.82) is 0 Å². The van der Waals surface area contributed by atoms with E-state index in [2.05, 4.69) is 45.7 Å². The van der Waals surface area contributed by atoms with Gasteiger partial charge in [-0.1, -0.05) is 6.07 Å². The molecule has 3 nitrogen and oxygen atoms in total. The van der Waals surface area contributed by atoms with Gasteiger partial charge in [0.15, 0.2) is 0 Å². The smallest absolute Gasteiger partial charge is 0.150 e. The fraction of sp³-hybridized carbons (Fsp3) is 0.500. The zero-order valence-electron chi connectivity index (χ0n) is 9.77. The highest BCUT2D eigenvalue weighted by Crippen LogP contribution is 2.24. The Morgan fingerprint density at radius 1 is 1.29 bits per heavy atom. The molecule has 0 unspecified atom stereocenters. The maximum Gasteiger partial charge on any atom is 0.150 e. The zero-order chi connectivity index (χ0) is 12.5. The largest absolute Gasteiger partial charge is 0.371 e. The van der Waals surface area contributed by atoms with Crippen molar-refractivity contribution in [3.63, 3.8) is 0 Å². The summed E-state index contributed by atoms with van der Waals surface area (Å²) in [4.78, 5) is 2.27. The molecule has 1 aromatic rings. The minimum atomic E-state index is -2.87. The predicted molar refractivity (Wildman–Crippen MR) is 79.2 cm³/mol. The van der Waals surface area contributed by atoms with E-state index in [1.54, 1.807) is 0 Å². The van der Waals surface area contributed by atoms with E-state index in [-0.39, 0.29) is 5.25 Å². The Kier molecular flexibility index (Phi) is 3.97. The van der Waals surface area contributed by atoms with E-state index in [4.69, 9.17) is 0 Å². The van der Waals surface area contributed by atoms with E-state index in [1.165, 1.54) is 15.5 Å². The van der Waals surface area contributed by atoms with Crippen molar-refractivity contribution < 1.29 is 8.42 Å². The lowest BCUT2D eigenvalue weighted by Gasteiger charge is -2.32. The molecule has 1 aliphatic heterocycles. The highest BCUT2D eigenvalue weighted by atomic mass is 127. The van der Waals surface area contributed by atoms with Gasteiger partial charge in [0.1, 0.15) is 9.84 Å². The van der Waals surface area contributed by atoms with Crippen LogP contribution in [0.4, 0.5) is 5.69 Å². The molecule has 1 aromatic carbocycles. The summed E-state index contributed by atoms with van der Waals surface area (Å²) in [6.45, 7) is 1.66. The third-order valence-corrected chi connectivity index (χ3v) is 5.57. The van der Waals surface area contributed by atoms with E-state index < -0.39 is 9.84 Å². The van der Waals surface area contributed by atoms with Crippen molar-refractivity contribution in [2.45, 2.75) is 18.1 Å². The average Bonchev–Trinajstić information content (AvgIpc) is 2.28. The van der Waals surface area contributed by atoms with Crippen molar-refractivity contribution >= 4 is 38.1 Å². The molecule has 0 aromatic heterocycles. The van der Waals surface area contributed by atoms with E-state index in [0.29, 0.717) is 0 Å². The highest BCUT2D eigenvalue weighted by molar-refractivity contribution is 14.1. The molecule has 0 bridgehead atoms. The fourth-order valence-electron chi connectivity index (χ4n) is 2.21. The van der Waals surface area contributed by atoms with Crippen molar-refractivity contribution in [1.82, 2.24) is 0 Å². The van der Waals surface area contributed by atoms with Gasteiger partial charge in [-0.3, -0.25) is 0 Å². The van der Waals surface area contributed by atoms with Crippen LogP contribution in [0.15, 0.2) is 24.3 Å². The molecule has 1 heterocycles. The van der Waals surface area contributed by atoms with Crippen LogP contribution in [0.1, 0.15) is 12.8 Å². The second-order valence-corrected chi connectivity index (χ2v) is 8.07. The molecule has 0 spiro atoms. The lowest BCUT2D eigenvalue weighted by Crippen LogP contribution is -2.39. The van der Waals surface area contributed by atoms with Crippen LogP contribution in [0.5, 0.6) is 0 Å². The first-order valence-corrected chi connectivity index (χ1v) is 8.69. The summed E-state index contributed by atoms with van der Waals surface area (Å²) in [5.41, 5.74) is 1.20. The van der Waals surface area contributed by atoms with Gasteiger partial charge < -0.3 is 4.90 Å². The molecular weight excluding hydrogens is 349 g/mol. The second kappa shape index (κ2) is 5.14. The number of nitrogens with zero attached hydrogens (tertiary/aromatic N) is 1. The lowest BCUT2D eigenvalue weighted by atomic mass is 10.1. The van der Waals surface area contributed by atoms with Gasteiger partial charge in [-0.15, -0.1) is 0 Å². The van der Waals surface area contributed by atoms with Crippen LogP contribution in [0.25, 0.3) is 0 Å². The van der Waals surface area contributed by atoms with Crippen LogP contribution >= 0.6 is 22.6 Å². The molecule has 5 heteroatoms. The topological polar surface area (TPSA) is 37.4 Å². The van der Waals surface area contributed by atoms with Crippen molar-refractivity contribution in [3.05, 3.63) is 27.8 Å². The SMILES string of the molecule is CS(=O)(=O)C1CCN(c2cccc(I)c2)CC1. The number of hydrogen-bond donors (Lipinski definition) is 0. The first kappa shape index (κ1) is 13.1. The fourth-order valence-corrected chi connectivity index (χ4v) is 3.81. The second-order valence-electron chi connectivity index (χ2n) is 4.50. The van der Waals surface area contributed by atoms with E-state index >= 15 is 0 Å². The van der Waals surface area contributed by atoms with Gasteiger partial charge in [-0.25, -0.2) is 8.42 Å². The summed E-state index contributed by atoms with van der Waals surface area (Å²) in [6.07, 6.45) is 2.83. The molecule has 1 aliphatic rings. The zero-order valence-corrected chi connectivity index (χ0v) is 12.7. The Balaban J connectivity index is 2.05. The summed E-state index contributed by atoms with van der Waals surface area (Å²) in [7, 11) is -2.87. The first-order chi connectivity index (χ1) is 7.97. The molecule has 0 saturated carbocycles. The van der Waals surface area contributed by atoms with Crippen molar-refractivity contribution in [2.75, 3.05) is 24.2 Å². The summed E-state index contributed by atoms with van der Waals surface area (Å²) >= 11 is 2.30. The molecule has 0 aliphatic carbocycles. The summed E-state index contributed by atoms with van der Waals surface area (Å²) < 4.78 is 24.1. The van der Waals surface area contributed by atoms with Gasteiger partial charge in [0.05, 0.1) is 5.25 Å². The molecule has 0 atom stereocenters. The van der Waals surface area contributed by atoms with Gasteiger partial charge in [0.25, 0.3) is 0 Å². The van der Waals surface area contributed by atoms with Crippen LogP contribution in [0.2, 0.25) is 0 Å². The summed E-state index contributed by atoms with van der Waals surface area (Å²) in [5, 5.41) is -0.151. The van der Waals surface area contributed by atoms with E-state index in [9.17, 15) is 8.42 Å². The minimum Gasteiger partial charge on any atom is -0.371 e. The van der Waals surface area contributed by atoms with Gasteiger partial charge in [0, 0.05) is 28.6 Å². The third kappa shape index (κ3) is 3.34. The summed E-state index contributed by atoms with van der Waals surface area (Å²) in [6, 6.07) is 8.33. The van der Waals surface area contributed by atoms with Gasteiger partial charge >= 0.3 is 0 Å². The van der Waals surface area contributed by atoms with E-state index in [1.807, 2.05) is 6.07 Å². The third-order valence-electron chi connectivity index (χ3n) is 3.22. The number of benzene rings is 1. The van der Waals surface area contributed by atoms with Crippen LogP contribution in [0, 0.1) is 3.57 Å².